The predicted molar refractivity (Wildman–Crippen MR) is 275 cm³/mol. The van der Waals surface area contributed by atoms with E-state index in [1.54, 1.807) is 26.0 Å². The molecule has 368 valence electrons. The number of aryl methyl sites for hydroxylation is 1. The van der Waals surface area contributed by atoms with Gasteiger partial charge < -0.3 is 62.2 Å². The minimum atomic E-state index is -1.72. The zero-order chi connectivity index (χ0) is 48.8. The summed E-state index contributed by atoms with van der Waals surface area (Å²) in [5, 5.41) is 14.7. The Morgan fingerprint density at radius 3 is 2.09 bits per heavy atom. The second-order valence-corrected chi connectivity index (χ2v) is 19.5. The summed E-state index contributed by atoms with van der Waals surface area (Å²) in [6.45, 7) is 9.44. The molecular formula is C55H63IN5O7PS. The summed E-state index contributed by atoms with van der Waals surface area (Å²) in [5.41, 5.74) is 4.87. The number of nitrogens with one attached hydrogen (secondary N) is 1. The Balaban J connectivity index is 0.00000804. The molecule has 70 heavy (non-hydrogen) atoms. The van der Waals surface area contributed by atoms with Crippen LogP contribution >= 0.6 is 20.3 Å². The molecule has 0 spiro atoms. The molecule has 0 saturated heterocycles. The molecule has 5 aromatic carbocycles. The number of carbonyl (C=O) groups excluding carboxylic acids is 1. The predicted octanol–water partition coefficient (Wildman–Crippen LogP) is 8.38. The number of hydrogen-bond acceptors (Lipinski definition) is 11. The number of amides is 1. The van der Waals surface area contributed by atoms with Crippen LogP contribution in [0.1, 0.15) is 62.8 Å². The van der Waals surface area contributed by atoms with Crippen molar-refractivity contribution in [3.8, 4) is 17.6 Å². The van der Waals surface area contributed by atoms with Crippen LogP contribution in [-0.2, 0) is 31.2 Å². The molecule has 0 bridgehead atoms. The van der Waals surface area contributed by atoms with Crippen molar-refractivity contribution in [3.63, 3.8) is 0 Å². The molecule has 1 amide bonds. The van der Waals surface area contributed by atoms with Gasteiger partial charge in [0.1, 0.15) is 30.3 Å². The van der Waals surface area contributed by atoms with Gasteiger partial charge in [-0.25, -0.2) is 14.0 Å². The van der Waals surface area contributed by atoms with E-state index in [0.717, 1.165) is 38.5 Å². The number of nitriles is 1. The molecule has 6 aromatic rings. The lowest BCUT2D eigenvalue weighted by Gasteiger charge is -2.39. The summed E-state index contributed by atoms with van der Waals surface area (Å²) in [6.07, 6.45) is 3.83. The maximum absolute atomic E-state index is 13.7. The Morgan fingerprint density at radius 2 is 1.44 bits per heavy atom. The number of thioether (sulfide) groups is 1. The van der Waals surface area contributed by atoms with Crippen LogP contribution in [-0.4, -0.2) is 76.1 Å². The fourth-order valence-electron chi connectivity index (χ4n) is 8.51. The molecule has 2 heterocycles. The number of alkyl carbamates (subject to hydrolysis) is 1. The zero-order valence-electron chi connectivity index (χ0n) is 40.9. The van der Waals surface area contributed by atoms with Crippen LogP contribution in [0.3, 0.4) is 0 Å². The highest BCUT2D eigenvalue weighted by atomic mass is 127. The SMILES string of the molecule is COc1ccc(C(OC[C@H](CNC(=O)OCCCN2/C(=C/c3cc[n+](C)c4ccccc34)Sc3ccccc32)OP(OCCC#N)N(C(C)C)C(C)C)(c2ccccc2)c2ccc(OC)cc2)cc1.[I-]. The van der Waals surface area contributed by atoms with Crippen molar-refractivity contribution in [2.45, 2.75) is 69.2 Å². The Morgan fingerprint density at radius 1 is 0.829 bits per heavy atom. The van der Waals surface area contributed by atoms with Crippen LogP contribution in [0.2, 0.25) is 0 Å². The van der Waals surface area contributed by atoms with Crippen LogP contribution < -0.4 is 48.2 Å². The standard InChI is InChI=1S/C55H62N5O7PS.HI/c1-40(2)60(41(3)4)68(66-36-15-32-56)67-48(39-65-55(43-17-9-8-10-18-43,44-23-27-46(62-6)28-24-44)45-25-29-47(63-7)30-26-45)38-57-54(61)64-35-16-33-59-51-21-13-14-22-52(51)69-53(59)37-42-31-34-58(5)50-20-12-11-19-49(42)50;/h8-14,17-31,34,37,40-41,48H,15-16,33,35-36,38-39H2,1-7H3;1H/t48-,68?;/m0./s1. The highest BCUT2D eigenvalue weighted by Crippen LogP contribution is 2.49. The van der Waals surface area contributed by atoms with Crippen LogP contribution in [0.25, 0.3) is 17.0 Å². The molecule has 1 unspecified atom stereocenters. The van der Waals surface area contributed by atoms with Gasteiger partial charge in [0.05, 0.1) is 62.6 Å². The van der Waals surface area contributed by atoms with Gasteiger partial charge in [-0.3, -0.25) is 0 Å². The van der Waals surface area contributed by atoms with Gasteiger partial charge in [0.25, 0.3) is 8.53 Å². The third-order valence-corrected chi connectivity index (χ3v) is 15.1. The molecule has 2 atom stereocenters. The summed E-state index contributed by atoms with van der Waals surface area (Å²) in [4.78, 5) is 17.2. The number of para-hydroxylation sites is 2. The van der Waals surface area contributed by atoms with E-state index in [9.17, 15) is 10.1 Å². The van der Waals surface area contributed by atoms with Crippen molar-refractivity contribution in [1.82, 2.24) is 9.99 Å². The first-order chi connectivity index (χ1) is 33.6. The number of hydrogen-bond donors (Lipinski definition) is 1. The molecule has 1 aliphatic heterocycles. The lowest BCUT2D eigenvalue weighted by molar-refractivity contribution is -0.644. The third-order valence-electron chi connectivity index (χ3n) is 11.8. The number of halogens is 1. The van der Waals surface area contributed by atoms with E-state index in [1.165, 1.54) is 10.3 Å². The number of ether oxygens (including phenoxy) is 4. The number of pyridine rings is 1. The van der Waals surface area contributed by atoms with E-state index in [4.69, 9.17) is 28.0 Å². The third kappa shape index (κ3) is 13.2. The average Bonchev–Trinajstić information content (AvgIpc) is 3.72. The smallest absolute Gasteiger partial charge is 0.407 e. The molecule has 0 saturated carbocycles. The first-order valence-corrected chi connectivity index (χ1v) is 25.3. The maximum atomic E-state index is 13.7. The second kappa shape index (κ2) is 26.3. The summed E-state index contributed by atoms with van der Waals surface area (Å²) >= 11 is 1.74. The molecule has 12 nitrogen and oxygen atoms in total. The van der Waals surface area contributed by atoms with E-state index in [2.05, 4.69) is 127 Å². The molecule has 7 rings (SSSR count). The molecule has 0 aliphatic carbocycles. The van der Waals surface area contributed by atoms with Crippen LogP contribution in [0.15, 0.2) is 150 Å². The number of nitrogens with zero attached hydrogens (tertiary/aromatic N) is 4. The quantitative estimate of drug-likeness (QED) is 0.0219. The van der Waals surface area contributed by atoms with Crippen molar-refractivity contribution in [2.75, 3.05) is 52.0 Å². The number of carbonyl (C=O) groups is 1. The Kier molecular flexibility index (Phi) is 20.3. The van der Waals surface area contributed by atoms with E-state index in [0.29, 0.717) is 24.5 Å². The Labute approximate surface area is 435 Å². The summed E-state index contributed by atoms with van der Waals surface area (Å²) in [6, 6.07) is 46.9. The van der Waals surface area contributed by atoms with Gasteiger partial charge in [0.2, 0.25) is 5.52 Å². The van der Waals surface area contributed by atoms with E-state index in [-0.39, 0.29) is 68.8 Å². The van der Waals surface area contributed by atoms with Gasteiger partial charge in [0, 0.05) is 42.2 Å². The number of methoxy groups -OCH3 is 2. The molecule has 1 aliphatic rings. The van der Waals surface area contributed by atoms with Crippen molar-refractivity contribution < 1.29 is 61.3 Å². The molecular weight excluding hydrogens is 1030 g/mol. The highest BCUT2D eigenvalue weighted by molar-refractivity contribution is 8.03. The number of benzene rings is 5. The highest BCUT2D eigenvalue weighted by Gasteiger charge is 2.40. The molecule has 1 aromatic heterocycles. The summed E-state index contributed by atoms with van der Waals surface area (Å²) < 4.78 is 41.9. The van der Waals surface area contributed by atoms with Gasteiger partial charge in [-0.15, -0.1) is 0 Å². The first kappa shape index (κ1) is 54.1. The van der Waals surface area contributed by atoms with Gasteiger partial charge in [0.15, 0.2) is 6.20 Å². The fraction of sp³-hybridized carbons (Fsp3) is 0.327. The second-order valence-electron chi connectivity index (χ2n) is 17.1. The molecule has 0 radical (unpaired) electrons. The fourth-order valence-corrected chi connectivity index (χ4v) is 11.3. The van der Waals surface area contributed by atoms with Crippen LogP contribution in [0.4, 0.5) is 10.5 Å². The average molecular weight is 1100 g/mol. The molecule has 1 N–H and O–H groups in total. The van der Waals surface area contributed by atoms with Crippen molar-refractivity contribution in [3.05, 3.63) is 167 Å². The Hall–Kier alpha value is -5.24. The monoisotopic (exact) mass is 1100 g/mol. The number of aromatic nitrogens is 1. The van der Waals surface area contributed by atoms with Gasteiger partial charge in [-0.2, -0.15) is 5.26 Å². The summed E-state index contributed by atoms with van der Waals surface area (Å²) in [7, 11) is 3.62. The zero-order valence-corrected chi connectivity index (χ0v) is 44.8. The van der Waals surface area contributed by atoms with E-state index in [1.807, 2.05) is 78.9 Å². The lowest BCUT2D eigenvalue weighted by atomic mass is 9.80. The first-order valence-electron chi connectivity index (χ1n) is 23.3. The Bertz CT molecular complexity index is 2630. The van der Waals surface area contributed by atoms with Crippen LogP contribution in [0.5, 0.6) is 11.5 Å². The number of anilines is 1. The largest absolute Gasteiger partial charge is 1.00 e. The van der Waals surface area contributed by atoms with Gasteiger partial charge in [-0.05, 0) is 105 Å². The molecule has 0 fully saturated rings. The number of rotatable bonds is 23. The number of fused-ring (bicyclic) bond motifs is 2. The minimum absolute atomic E-state index is 0. The van der Waals surface area contributed by atoms with Crippen molar-refractivity contribution in [2.24, 2.45) is 7.05 Å². The van der Waals surface area contributed by atoms with Crippen LogP contribution in [0, 0.1) is 11.3 Å². The summed E-state index contributed by atoms with van der Waals surface area (Å²) in [5.74, 6) is 1.41. The maximum Gasteiger partial charge on any atom is 0.407 e. The van der Waals surface area contributed by atoms with Gasteiger partial charge >= 0.3 is 6.09 Å². The van der Waals surface area contributed by atoms with E-state index < -0.39 is 26.3 Å². The topological polar surface area (TPSA) is 119 Å². The van der Waals surface area contributed by atoms with Crippen molar-refractivity contribution >= 4 is 49.0 Å². The van der Waals surface area contributed by atoms with Crippen molar-refractivity contribution in [1.29, 1.82) is 5.26 Å². The van der Waals surface area contributed by atoms with E-state index >= 15 is 0 Å². The normalized spacial score (nSPS) is 13.8. The lowest BCUT2D eigenvalue weighted by Crippen LogP contribution is -3.00. The minimum Gasteiger partial charge on any atom is -1.00 e. The molecule has 15 heteroatoms. The van der Waals surface area contributed by atoms with Gasteiger partial charge in [-0.1, -0.05) is 90.6 Å².